The molecule has 28 heavy (non-hydrogen) atoms. The molecule has 1 aromatic heterocycles. The zero-order chi connectivity index (χ0) is 19.3. The van der Waals surface area contributed by atoms with Gasteiger partial charge in [-0.2, -0.15) is 4.98 Å². The maximum Gasteiger partial charge on any atom is 0.241 e. The van der Waals surface area contributed by atoms with Crippen molar-refractivity contribution < 1.29 is 14.1 Å². The Balaban J connectivity index is 1.29. The number of benzene rings is 1. The zero-order valence-corrected chi connectivity index (χ0v) is 16.3. The predicted molar refractivity (Wildman–Crippen MR) is 104 cm³/mol. The van der Waals surface area contributed by atoms with Crippen LogP contribution in [-0.4, -0.2) is 72.2 Å². The lowest BCUT2D eigenvalue weighted by atomic mass is 9.98. The monoisotopic (exact) mass is 385 g/mol. The van der Waals surface area contributed by atoms with Crippen LogP contribution in [0.3, 0.4) is 0 Å². The van der Waals surface area contributed by atoms with E-state index in [9.17, 15) is 4.79 Å². The molecule has 8 heteroatoms. The van der Waals surface area contributed by atoms with E-state index in [1.54, 1.807) is 7.11 Å². The number of hydrogen-bond donors (Lipinski definition) is 1. The Morgan fingerprint density at radius 2 is 2.04 bits per heavy atom. The molecule has 2 aliphatic rings. The van der Waals surface area contributed by atoms with E-state index in [0.717, 1.165) is 63.4 Å². The molecule has 1 unspecified atom stereocenters. The van der Waals surface area contributed by atoms with Crippen LogP contribution in [0.15, 0.2) is 28.8 Å². The van der Waals surface area contributed by atoms with Crippen molar-refractivity contribution in [3.05, 3.63) is 30.2 Å². The van der Waals surface area contributed by atoms with Gasteiger partial charge in [-0.25, -0.2) is 0 Å². The summed E-state index contributed by atoms with van der Waals surface area (Å²) in [6.45, 7) is 5.62. The molecule has 0 radical (unpaired) electrons. The minimum atomic E-state index is 0.142. The van der Waals surface area contributed by atoms with Gasteiger partial charge in [-0.3, -0.25) is 9.69 Å². The maximum absolute atomic E-state index is 12.6. The minimum absolute atomic E-state index is 0.142. The van der Waals surface area contributed by atoms with Crippen LogP contribution in [0.4, 0.5) is 0 Å². The van der Waals surface area contributed by atoms with E-state index in [2.05, 4.69) is 20.4 Å². The average molecular weight is 385 g/mol. The topological polar surface area (TPSA) is 83.7 Å². The summed E-state index contributed by atoms with van der Waals surface area (Å²) in [5.74, 6) is 2.41. The highest BCUT2D eigenvalue weighted by Crippen LogP contribution is 2.20. The lowest BCUT2D eigenvalue weighted by Gasteiger charge is -2.36. The van der Waals surface area contributed by atoms with Gasteiger partial charge in [0.25, 0.3) is 0 Å². The molecule has 0 saturated carbocycles. The summed E-state index contributed by atoms with van der Waals surface area (Å²) >= 11 is 0. The molecule has 1 aromatic carbocycles. The number of ether oxygens (including phenoxy) is 1. The highest BCUT2D eigenvalue weighted by molar-refractivity contribution is 5.79. The normalized spacial score (nSPS) is 20.9. The fraction of sp³-hybridized carbons (Fsp3) is 0.550. The number of nitrogens with zero attached hydrogens (tertiary/aromatic N) is 4. The lowest BCUT2D eigenvalue weighted by molar-refractivity contribution is -0.138. The molecule has 8 nitrogen and oxygen atoms in total. The molecule has 0 aliphatic carbocycles. The highest BCUT2D eigenvalue weighted by Gasteiger charge is 2.28. The van der Waals surface area contributed by atoms with Crippen molar-refractivity contribution >= 4 is 5.91 Å². The van der Waals surface area contributed by atoms with Crippen LogP contribution in [0, 0.1) is 5.92 Å². The van der Waals surface area contributed by atoms with Gasteiger partial charge < -0.3 is 19.5 Å². The molecule has 0 spiro atoms. The summed E-state index contributed by atoms with van der Waals surface area (Å²) in [7, 11) is 1.64. The van der Waals surface area contributed by atoms with Gasteiger partial charge in [-0.15, -0.1) is 0 Å². The molecule has 1 N–H and O–H groups in total. The Morgan fingerprint density at radius 3 is 2.71 bits per heavy atom. The molecule has 2 aliphatic heterocycles. The van der Waals surface area contributed by atoms with Crippen molar-refractivity contribution in [2.24, 2.45) is 5.92 Å². The molecule has 150 valence electrons. The van der Waals surface area contributed by atoms with Gasteiger partial charge in [0.05, 0.1) is 19.6 Å². The van der Waals surface area contributed by atoms with E-state index in [1.165, 1.54) is 0 Å². The van der Waals surface area contributed by atoms with Crippen molar-refractivity contribution in [1.29, 1.82) is 0 Å². The SMILES string of the molecule is COc1ccc(-c2noc(CN3CCN(C(=O)C4CCCNC4)CC3)n2)cc1. The molecule has 1 atom stereocenters. The molecule has 2 fully saturated rings. The Bertz CT molecular complexity index is 777. The van der Waals surface area contributed by atoms with E-state index in [4.69, 9.17) is 9.26 Å². The van der Waals surface area contributed by atoms with Crippen molar-refractivity contribution in [1.82, 2.24) is 25.3 Å². The fourth-order valence-corrected chi connectivity index (χ4v) is 3.81. The first kappa shape index (κ1) is 18.9. The molecule has 0 bridgehead atoms. The smallest absolute Gasteiger partial charge is 0.241 e. The van der Waals surface area contributed by atoms with Crippen LogP contribution in [-0.2, 0) is 11.3 Å². The Labute approximate surface area is 164 Å². The molecular weight excluding hydrogens is 358 g/mol. The summed E-state index contributed by atoms with van der Waals surface area (Å²) in [5, 5.41) is 7.41. The number of aromatic nitrogens is 2. The number of amides is 1. The summed E-state index contributed by atoms with van der Waals surface area (Å²) < 4.78 is 10.6. The summed E-state index contributed by atoms with van der Waals surface area (Å²) in [4.78, 5) is 21.4. The second-order valence-corrected chi connectivity index (χ2v) is 7.38. The van der Waals surface area contributed by atoms with E-state index in [-0.39, 0.29) is 5.92 Å². The zero-order valence-electron chi connectivity index (χ0n) is 16.3. The summed E-state index contributed by atoms with van der Waals surface area (Å²) in [6.07, 6.45) is 2.09. The van der Waals surface area contributed by atoms with E-state index in [1.807, 2.05) is 29.2 Å². The molecule has 1 amide bonds. The van der Waals surface area contributed by atoms with Crippen LogP contribution < -0.4 is 10.1 Å². The third-order valence-corrected chi connectivity index (χ3v) is 5.51. The minimum Gasteiger partial charge on any atom is -0.497 e. The van der Waals surface area contributed by atoms with Crippen molar-refractivity contribution in [3.63, 3.8) is 0 Å². The van der Waals surface area contributed by atoms with Gasteiger partial charge in [-0.1, -0.05) is 5.16 Å². The largest absolute Gasteiger partial charge is 0.497 e. The van der Waals surface area contributed by atoms with Crippen LogP contribution in [0.5, 0.6) is 5.75 Å². The Hall–Kier alpha value is -2.45. The first-order chi connectivity index (χ1) is 13.7. The molecule has 3 heterocycles. The molecule has 2 aromatic rings. The fourth-order valence-electron chi connectivity index (χ4n) is 3.81. The van der Waals surface area contributed by atoms with Gasteiger partial charge >= 0.3 is 0 Å². The maximum atomic E-state index is 12.6. The van der Waals surface area contributed by atoms with Crippen LogP contribution in [0.1, 0.15) is 18.7 Å². The number of piperidine rings is 1. The van der Waals surface area contributed by atoms with E-state index >= 15 is 0 Å². The number of nitrogens with one attached hydrogen (secondary N) is 1. The number of hydrogen-bond acceptors (Lipinski definition) is 7. The first-order valence-electron chi connectivity index (χ1n) is 9.92. The van der Waals surface area contributed by atoms with Gasteiger partial charge in [0.15, 0.2) is 0 Å². The van der Waals surface area contributed by atoms with E-state index < -0.39 is 0 Å². The number of rotatable bonds is 5. The third kappa shape index (κ3) is 4.34. The average Bonchev–Trinajstić information content (AvgIpc) is 3.23. The van der Waals surface area contributed by atoms with Gasteiger partial charge in [0.2, 0.25) is 17.6 Å². The van der Waals surface area contributed by atoms with Crippen molar-refractivity contribution in [2.45, 2.75) is 19.4 Å². The standard InChI is InChI=1S/C20H27N5O3/c1-27-17-6-4-15(5-7-17)19-22-18(28-23-19)14-24-9-11-25(12-10-24)20(26)16-3-2-8-21-13-16/h4-7,16,21H,2-3,8-14H2,1H3. The second-order valence-electron chi connectivity index (χ2n) is 7.38. The van der Waals surface area contributed by atoms with Gasteiger partial charge in [-0.05, 0) is 43.7 Å². The molecule has 4 rings (SSSR count). The quantitative estimate of drug-likeness (QED) is 0.833. The van der Waals surface area contributed by atoms with Gasteiger partial charge in [0.1, 0.15) is 5.75 Å². The first-order valence-corrected chi connectivity index (χ1v) is 9.92. The Morgan fingerprint density at radius 1 is 1.25 bits per heavy atom. The van der Waals surface area contributed by atoms with Crippen LogP contribution in [0.2, 0.25) is 0 Å². The highest BCUT2D eigenvalue weighted by atomic mass is 16.5. The van der Waals surface area contributed by atoms with Crippen molar-refractivity contribution in [2.75, 3.05) is 46.4 Å². The van der Waals surface area contributed by atoms with Gasteiger partial charge in [0, 0.05) is 38.3 Å². The second kappa shape index (κ2) is 8.70. The Kier molecular flexibility index (Phi) is 5.87. The van der Waals surface area contributed by atoms with Crippen molar-refractivity contribution in [3.8, 4) is 17.1 Å². The molecule has 2 saturated heterocycles. The number of carbonyl (C=O) groups excluding carboxylic acids is 1. The summed E-state index contributed by atoms with van der Waals surface area (Å²) in [5.41, 5.74) is 0.896. The lowest BCUT2D eigenvalue weighted by Crippen LogP contribution is -2.51. The van der Waals surface area contributed by atoms with E-state index in [0.29, 0.717) is 24.2 Å². The van der Waals surface area contributed by atoms with Crippen LogP contribution >= 0.6 is 0 Å². The summed E-state index contributed by atoms with van der Waals surface area (Å²) in [6, 6.07) is 7.59. The molecular formula is C20H27N5O3. The van der Waals surface area contributed by atoms with Crippen LogP contribution in [0.25, 0.3) is 11.4 Å². The third-order valence-electron chi connectivity index (χ3n) is 5.51. The predicted octanol–water partition coefficient (Wildman–Crippen LogP) is 1.39. The number of methoxy groups -OCH3 is 1. The number of piperazine rings is 1. The number of carbonyl (C=O) groups is 1.